The largest absolute Gasteiger partial charge is 0.481 e. The van der Waals surface area contributed by atoms with Gasteiger partial charge in [0.25, 0.3) is 5.22 Å². The van der Waals surface area contributed by atoms with E-state index in [4.69, 9.17) is 24.0 Å². The molecule has 1 amide bonds. The van der Waals surface area contributed by atoms with Gasteiger partial charge in [-0.1, -0.05) is 127 Å². The van der Waals surface area contributed by atoms with Crippen LogP contribution in [0.25, 0.3) is 22.6 Å². The molecule has 4 aromatic carbocycles. The summed E-state index contributed by atoms with van der Waals surface area (Å²) in [4.78, 5) is 27.9. The van der Waals surface area contributed by atoms with Gasteiger partial charge in [-0.25, -0.2) is 4.98 Å². The summed E-state index contributed by atoms with van der Waals surface area (Å²) < 4.78 is 19.5. The summed E-state index contributed by atoms with van der Waals surface area (Å²) in [6.45, 7) is 0.369. The predicted molar refractivity (Wildman–Crippen MR) is 196 cm³/mol. The zero-order valence-electron chi connectivity index (χ0n) is 28.3. The number of aliphatic hydroxyl groups is 1. The van der Waals surface area contributed by atoms with Crippen LogP contribution in [0.5, 0.6) is 0 Å². The zero-order valence-corrected chi connectivity index (χ0v) is 29.1. The van der Waals surface area contributed by atoms with E-state index in [1.807, 2.05) is 109 Å². The van der Waals surface area contributed by atoms with E-state index in [1.54, 1.807) is 0 Å². The Balaban J connectivity index is 1.13. The van der Waals surface area contributed by atoms with Crippen molar-refractivity contribution in [3.8, 4) is 22.6 Å². The average Bonchev–Trinajstić information content (AvgIpc) is 3.61. The number of carbonyl (C=O) groups excluding carboxylic acids is 1. The molecule has 0 radical (unpaired) electrons. The van der Waals surface area contributed by atoms with Crippen molar-refractivity contribution in [1.29, 1.82) is 0 Å². The average molecular weight is 707 g/mol. The van der Waals surface area contributed by atoms with E-state index < -0.39 is 12.3 Å². The number of ether oxygens (including phenoxy) is 2. The molecule has 264 valence electrons. The number of amides is 1. The lowest BCUT2D eigenvalue weighted by Gasteiger charge is -2.36. The molecule has 1 fully saturated rings. The molecule has 0 bridgehead atoms. The number of thioether (sulfide) groups is 1. The molecule has 1 aliphatic heterocycles. The highest BCUT2D eigenvalue weighted by molar-refractivity contribution is 7.99. The van der Waals surface area contributed by atoms with Crippen molar-refractivity contribution < 1.29 is 33.7 Å². The molecule has 1 aliphatic rings. The Kier molecular flexibility index (Phi) is 12.7. The number of hydrogen-bond donors (Lipinski definition) is 3. The molecule has 3 N–H and O–H groups in total. The molecule has 9 nitrogen and oxygen atoms in total. The number of carboxylic acid groups (broad SMARTS) is 1. The van der Waals surface area contributed by atoms with E-state index in [0.717, 1.165) is 44.8 Å². The Morgan fingerprint density at radius 1 is 0.765 bits per heavy atom. The molecule has 0 aliphatic carbocycles. The monoisotopic (exact) mass is 706 g/mol. The number of unbranched alkanes of at least 4 members (excludes halogenated alkanes) is 2. The Bertz CT molecular complexity index is 1790. The fraction of sp³-hybridized carbons (Fsp3) is 0.293. The molecular formula is C41H42N2O7S. The van der Waals surface area contributed by atoms with Crippen LogP contribution in [0.1, 0.15) is 73.2 Å². The molecule has 3 unspecified atom stereocenters. The van der Waals surface area contributed by atoms with Gasteiger partial charge in [0, 0.05) is 48.3 Å². The molecular weight excluding hydrogens is 665 g/mol. The van der Waals surface area contributed by atoms with Crippen molar-refractivity contribution in [3.63, 3.8) is 0 Å². The number of nitrogens with one attached hydrogen (secondary N) is 1. The van der Waals surface area contributed by atoms with E-state index >= 15 is 0 Å². The van der Waals surface area contributed by atoms with Gasteiger partial charge < -0.3 is 29.4 Å². The maximum atomic E-state index is 12.3. The number of nitrogens with zero attached hydrogens (tertiary/aromatic N) is 1. The van der Waals surface area contributed by atoms with Crippen LogP contribution in [-0.4, -0.2) is 38.9 Å². The van der Waals surface area contributed by atoms with Gasteiger partial charge in [0.2, 0.25) is 5.91 Å². The topological polar surface area (TPSA) is 131 Å². The van der Waals surface area contributed by atoms with Crippen molar-refractivity contribution in [1.82, 2.24) is 10.3 Å². The minimum Gasteiger partial charge on any atom is -0.481 e. The first kappa shape index (κ1) is 36.1. The third-order valence-corrected chi connectivity index (χ3v) is 9.69. The third kappa shape index (κ3) is 10.2. The summed E-state index contributed by atoms with van der Waals surface area (Å²) in [5.41, 5.74) is 6.39. The van der Waals surface area contributed by atoms with Crippen LogP contribution in [0.2, 0.25) is 0 Å². The van der Waals surface area contributed by atoms with E-state index in [1.165, 1.54) is 11.8 Å². The number of oxazole rings is 1. The Hall–Kier alpha value is -4.74. The van der Waals surface area contributed by atoms with Gasteiger partial charge in [0.1, 0.15) is 5.69 Å². The molecule has 2 heterocycles. The summed E-state index contributed by atoms with van der Waals surface area (Å²) in [5, 5.41) is 21.8. The first-order valence-corrected chi connectivity index (χ1v) is 18.3. The van der Waals surface area contributed by atoms with Gasteiger partial charge in [0.15, 0.2) is 12.1 Å². The van der Waals surface area contributed by atoms with E-state index in [0.29, 0.717) is 49.6 Å². The first-order valence-electron chi connectivity index (χ1n) is 17.3. The molecule has 10 heteroatoms. The van der Waals surface area contributed by atoms with Crippen LogP contribution >= 0.6 is 11.8 Å². The summed E-state index contributed by atoms with van der Waals surface area (Å²) in [6.07, 6.45) is 2.04. The molecule has 0 saturated carbocycles. The predicted octanol–water partition coefficient (Wildman–Crippen LogP) is 8.49. The number of aliphatic hydroxyl groups excluding tert-OH is 1. The minimum absolute atomic E-state index is 0.0253. The Morgan fingerprint density at radius 2 is 1.41 bits per heavy atom. The maximum Gasteiger partial charge on any atom is 0.303 e. The molecule has 1 saturated heterocycles. The van der Waals surface area contributed by atoms with Crippen LogP contribution in [0.15, 0.2) is 119 Å². The van der Waals surface area contributed by atoms with Gasteiger partial charge >= 0.3 is 5.97 Å². The summed E-state index contributed by atoms with van der Waals surface area (Å²) in [6, 6.07) is 35.7. The molecule has 51 heavy (non-hydrogen) atoms. The maximum absolute atomic E-state index is 12.3. The summed E-state index contributed by atoms with van der Waals surface area (Å²) in [7, 11) is 0. The fourth-order valence-electron chi connectivity index (χ4n) is 5.95. The third-order valence-electron chi connectivity index (χ3n) is 8.73. The van der Waals surface area contributed by atoms with Gasteiger partial charge in [-0.05, 0) is 29.5 Å². The highest BCUT2D eigenvalue weighted by Crippen LogP contribution is 2.41. The number of aliphatic carboxylic acids is 1. The van der Waals surface area contributed by atoms with Gasteiger partial charge in [-0.15, -0.1) is 0 Å². The number of hydrogen-bond acceptors (Lipinski definition) is 8. The van der Waals surface area contributed by atoms with E-state index in [2.05, 4.69) is 5.32 Å². The SMILES string of the molecule is O=C(O)CCCCCC(=O)NCc1ccc(C2OC(CSc3nc(-c4ccccc4)c(-c4ccccc4)o3)CC(c3ccc(CO)cc3)O2)cc1. The van der Waals surface area contributed by atoms with Gasteiger partial charge in [-0.2, -0.15) is 0 Å². The van der Waals surface area contributed by atoms with Crippen LogP contribution < -0.4 is 5.32 Å². The standard InChI is InChI=1S/C41H42N2O7S/c44-26-29-18-20-30(21-19-29)35-24-34(27-51-41-43-38(31-10-4-1-5-11-31)39(50-41)32-12-6-2-7-13-32)48-40(49-35)33-22-16-28(17-23-33)25-42-36(45)14-8-3-9-15-37(46)47/h1-2,4-7,10-13,16-23,34-35,40,44H,3,8-9,14-15,24-27H2,(H,42,45)(H,46,47). The van der Waals surface area contributed by atoms with Crippen LogP contribution in [0.3, 0.4) is 0 Å². The Labute approximate surface area is 302 Å². The number of benzene rings is 4. The number of rotatable bonds is 16. The highest BCUT2D eigenvalue weighted by Gasteiger charge is 2.33. The normalized spacial score (nSPS) is 17.2. The van der Waals surface area contributed by atoms with Crippen LogP contribution in [0, 0.1) is 0 Å². The van der Waals surface area contributed by atoms with Crippen LogP contribution in [0.4, 0.5) is 0 Å². The van der Waals surface area contributed by atoms with Crippen LogP contribution in [-0.2, 0) is 32.2 Å². The second-order valence-electron chi connectivity index (χ2n) is 12.5. The smallest absolute Gasteiger partial charge is 0.303 e. The molecule has 5 aromatic rings. The minimum atomic E-state index is -0.810. The summed E-state index contributed by atoms with van der Waals surface area (Å²) >= 11 is 1.52. The van der Waals surface area contributed by atoms with E-state index in [-0.39, 0.29) is 31.1 Å². The lowest BCUT2D eigenvalue weighted by atomic mass is 10.0. The van der Waals surface area contributed by atoms with Crippen molar-refractivity contribution in [2.24, 2.45) is 0 Å². The van der Waals surface area contributed by atoms with Crippen molar-refractivity contribution in [2.75, 3.05) is 5.75 Å². The second kappa shape index (κ2) is 18.0. The second-order valence-corrected chi connectivity index (χ2v) is 13.5. The highest BCUT2D eigenvalue weighted by atomic mass is 32.2. The van der Waals surface area contributed by atoms with E-state index in [9.17, 15) is 14.7 Å². The lowest BCUT2D eigenvalue weighted by Crippen LogP contribution is -2.31. The number of aromatic nitrogens is 1. The van der Waals surface area contributed by atoms with Gasteiger partial charge in [-0.3, -0.25) is 9.59 Å². The first-order chi connectivity index (χ1) is 24.9. The zero-order chi connectivity index (χ0) is 35.4. The van der Waals surface area contributed by atoms with Crippen molar-refractivity contribution >= 4 is 23.6 Å². The van der Waals surface area contributed by atoms with Crippen molar-refractivity contribution in [3.05, 3.63) is 131 Å². The fourth-order valence-corrected chi connectivity index (χ4v) is 6.79. The van der Waals surface area contributed by atoms with Crippen molar-refractivity contribution in [2.45, 2.75) is 75.4 Å². The quantitative estimate of drug-likeness (QED) is 0.0683. The molecule has 6 rings (SSSR count). The Morgan fingerprint density at radius 3 is 2.10 bits per heavy atom. The molecule has 0 spiro atoms. The lowest BCUT2D eigenvalue weighted by molar-refractivity contribution is -0.245. The molecule has 1 aromatic heterocycles. The number of carboxylic acids is 1. The summed E-state index contributed by atoms with van der Waals surface area (Å²) in [5.74, 6) is 0.453. The van der Waals surface area contributed by atoms with Gasteiger partial charge in [0.05, 0.1) is 18.8 Å². The molecule has 3 atom stereocenters. The number of carbonyl (C=O) groups is 2.